The van der Waals surface area contributed by atoms with Gasteiger partial charge in [0.1, 0.15) is 18.3 Å². The lowest BCUT2D eigenvalue weighted by Gasteiger charge is -2.29. The Kier molecular flexibility index (Phi) is 5.85. The second-order valence-corrected chi connectivity index (χ2v) is 7.23. The van der Waals surface area contributed by atoms with Gasteiger partial charge in [0.2, 0.25) is 0 Å². The van der Waals surface area contributed by atoms with E-state index in [-0.39, 0.29) is 18.3 Å². The van der Waals surface area contributed by atoms with E-state index < -0.39 is 11.6 Å². The van der Waals surface area contributed by atoms with Crippen LogP contribution in [0, 0.1) is 0 Å². The molecule has 0 aliphatic carbocycles. The maximum absolute atomic E-state index is 6.11. The van der Waals surface area contributed by atoms with E-state index in [9.17, 15) is 0 Å². The van der Waals surface area contributed by atoms with Gasteiger partial charge in [0, 0.05) is 6.61 Å². The summed E-state index contributed by atoms with van der Waals surface area (Å²) in [4.78, 5) is 2.15. The Morgan fingerprint density at radius 3 is 1.86 bits per heavy atom. The Balaban J connectivity index is 1.92. The molecule has 6 heteroatoms. The summed E-state index contributed by atoms with van der Waals surface area (Å²) in [5, 5.41) is 0. The van der Waals surface area contributed by atoms with Crippen molar-refractivity contribution in [2.75, 3.05) is 40.5 Å². The maximum Gasteiger partial charge on any atom is 0.163 e. The van der Waals surface area contributed by atoms with E-state index in [4.69, 9.17) is 23.7 Å². The van der Waals surface area contributed by atoms with Crippen LogP contribution in [-0.4, -0.2) is 75.2 Å². The summed E-state index contributed by atoms with van der Waals surface area (Å²) < 4.78 is 29.4. The first-order chi connectivity index (χ1) is 10.2. The van der Waals surface area contributed by atoms with Gasteiger partial charge in [0.15, 0.2) is 11.6 Å². The second kappa shape index (κ2) is 7.11. The van der Waals surface area contributed by atoms with E-state index in [1.807, 2.05) is 27.7 Å². The van der Waals surface area contributed by atoms with Gasteiger partial charge in [-0.25, -0.2) is 0 Å². The van der Waals surface area contributed by atoms with Crippen molar-refractivity contribution in [3.05, 3.63) is 0 Å². The normalized spacial score (nSPS) is 31.8. The summed E-state index contributed by atoms with van der Waals surface area (Å²) >= 11 is 0. The summed E-state index contributed by atoms with van der Waals surface area (Å²) in [5.74, 6) is -1.13. The minimum Gasteiger partial charge on any atom is -0.373 e. The van der Waals surface area contributed by atoms with E-state index >= 15 is 0 Å². The molecular weight excluding hydrogens is 286 g/mol. The van der Waals surface area contributed by atoms with Gasteiger partial charge in [-0.1, -0.05) is 0 Å². The molecule has 2 atom stereocenters. The van der Waals surface area contributed by atoms with E-state index in [0.29, 0.717) is 19.8 Å². The highest BCUT2D eigenvalue weighted by atomic mass is 16.8. The Morgan fingerprint density at radius 1 is 1.00 bits per heavy atom. The molecule has 0 spiro atoms. The van der Waals surface area contributed by atoms with Gasteiger partial charge in [-0.2, -0.15) is 0 Å². The molecule has 2 aliphatic heterocycles. The molecule has 0 N–H and O–H groups in total. The predicted octanol–water partition coefficient (Wildman–Crippen LogP) is 1.63. The average molecular weight is 317 g/mol. The van der Waals surface area contributed by atoms with Crippen molar-refractivity contribution in [3.8, 4) is 0 Å². The molecule has 2 rings (SSSR count). The first-order valence-electron chi connectivity index (χ1n) is 8.08. The van der Waals surface area contributed by atoms with E-state index in [1.54, 1.807) is 0 Å². The van der Waals surface area contributed by atoms with Crippen LogP contribution in [0.25, 0.3) is 0 Å². The second-order valence-electron chi connectivity index (χ2n) is 7.23. The quantitative estimate of drug-likeness (QED) is 0.665. The number of hydrogen-bond donors (Lipinski definition) is 0. The molecule has 0 amide bonds. The van der Waals surface area contributed by atoms with Gasteiger partial charge < -0.3 is 28.6 Å². The van der Waals surface area contributed by atoms with Crippen molar-refractivity contribution < 1.29 is 23.7 Å². The smallest absolute Gasteiger partial charge is 0.163 e. The van der Waals surface area contributed by atoms with Crippen LogP contribution in [0.1, 0.15) is 34.1 Å². The number of nitrogens with zero attached hydrogens (tertiary/aromatic N) is 1. The van der Waals surface area contributed by atoms with Crippen molar-refractivity contribution in [3.63, 3.8) is 0 Å². The maximum atomic E-state index is 6.11. The van der Waals surface area contributed by atoms with Crippen LogP contribution in [-0.2, 0) is 23.7 Å². The Bertz CT molecular complexity index is 332. The van der Waals surface area contributed by atoms with Crippen molar-refractivity contribution in [1.29, 1.82) is 0 Å². The van der Waals surface area contributed by atoms with Crippen molar-refractivity contribution in [2.24, 2.45) is 0 Å². The molecule has 0 saturated carbocycles. The molecule has 6 nitrogen and oxygen atoms in total. The highest BCUT2D eigenvalue weighted by Gasteiger charge is 2.46. The molecular formula is C16H31NO5. The molecule has 0 aromatic carbocycles. The average Bonchev–Trinajstić information content (AvgIpc) is 2.91. The zero-order valence-electron chi connectivity index (χ0n) is 14.8. The van der Waals surface area contributed by atoms with Gasteiger partial charge in [0.25, 0.3) is 0 Å². The van der Waals surface area contributed by atoms with Gasteiger partial charge in [-0.3, -0.25) is 0 Å². The van der Waals surface area contributed by atoms with Crippen LogP contribution in [0.2, 0.25) is 0 Å². The Hall–Kier alpha value is -0.240. The summed E-state index contributed by atoms with van der Waals surface area (Å²) in [6, 6.07) is 0. The fourth-order valence-electron chi connectivity index (χ4n) is 2.81. The summed E-state index contributed by atoms with van der Waals surface area (Å²) in [5.41, 5.74) is 0. The Morgan fingerprint density at radius 2 is 1.50 bits per heavy atom. The standard InChI is InChI=1S/C16H31NO5/c1-15(2)19-10-12(21-15)14(18-9-7-8-17(5)6)13-11-20-16(3,4)22-13/h12-14H,7-11H2,1-6H3. The van der Waals surface area contributed by atoms with Crippen LogP contribution in [0.5, 0.6) is 0 Å². The van der Waals surface area contributed by atoms with Crippen LogP contribution < -0.4 is 0 Å². The minimum atomic E-state index is -0.565. The lowest BCUT2D eigenvalue weighted by atomic mass is 10.1. The van der Waals surface area contributed by atoms with Crippen LogP contribution >= 0.6 is 0 Å². The van der Waals surface area contributed by atoms with Crippen molar-refractivity contribution in [2.45, 2.75) is 64.0 Å². The lowest BCUT2D eigenvalue weighted by Crippen LogP contribution is -2.44. The molecule has 0 radical (unpaired) electrons. The lowest BCUT2D eigenvalue weighted by molar-refractivity contribution is -0.188. The summed E-state index contributed by atoms with van der Waals surface area (Å²) in [6.07, 6.45) is 0.539. The minimum absolute atomic E-state index is 0.128. The fourth-order valence-corrected chi connectivity index (χ4v) is 2.81. The zero-order chi connectivity index (χ0) is 16.4. The molecule has 2 aliphatic rings. The third-order valence-corrected chi connectivity index (χ3v) is 3.85. The summed E-state index contributed by atoms with van der Waals surface area (Å²) in [7, 11) is 4.12. The molecule has 2 fully saturated rings. The van der Waals surface area contributed by atoms with Crippen LogP contribution in [0.4, 0.5) is 0 Å². The van der Waals surface area contributed by atoms with Crippen LogP contribution in [0.3, 0.4) is 0 Å². The van der Waals surface area contributed by atoms with Crippen molar-refractivity contribution in [1.82, 2.24) is 4.90 Å². The molecule has 0 bridgehead atoms. The van der Waals surface area contributed by atoms with Gasteiger partial charge in [-0.05, 0) is 54.8 Å². The highest BCUT2D eigenvalue weighted by Crippen LogP contribution is 2.32. The number of ether oxygens (including phenoxy) is 5. The van der Waals surface area contributed by atoms with E-state index in [2.05, 4.69) is 19.0 Å². The monoisotopic (exact) mass is 317 g/mol. The highest BCUT2D eigenvalue weighted by molar-refractivity contribution is 4.88. The fraction of sp³-hybridized carbons (Fsp3) is 1.00. The number of rotatable bonds is 7. The van der Waals surface area contributed by atoms with Gasteiger partial charge in [-0.15, -0.1) is 0 Å². The third kappa shape index (κ3) is 5.15. The molecule has 2 saturated heterocycles. The zero-order valence-corrected chi connectivity index (χ0v) is 14.8. The molecule has 130 valence electrons. The first kappa shape index (κ1) is 18.1. The molecule has 0 aromatic heterocycles. The molecule has 22 heavy (non-hydrogen) atoms. The van der Waals surface area contributed by atoms with Crippen molar-refractivity contribution >= 4 is 0 Å². The van der Waals surface area contributed by atoms with Gasteiger partial charge in [0.05, 0.1) is 13.2 Å². The Labute approximate surface area is 134 Å². The third-order valence-electron chi connectivity index (χ3n) is 3.85. The molecule has 0 aromatic rings. The summed E-state index contributed by atoms with van der Waals surface area (Å²) in [6.45, 7) is 10.4. The van der Waals surface area contributed by atoms with E-state index in [0.717, 1.165) is 13.0 Å². The topological polar surface area (TPSA) is 49.4 Å². The largest absolute Gasteiger partial charge is 0.373 e. The molecule has 2 unspecified atom stereocenters. The predicted molar refractivity (Wildman–Crippen MR) is 82.7 cm³/mol. The van der Waals surface area contributed by atoms with E-state index in [1.165, 1.54) is 0 Å². The first-order valence-corrected chi connectivity index (χ1v) is 8.08. The van der Waals surface area contributed by atoms with Crippen LogP contribution in [0.15, 0.2) is 0 Å². The van der Waals surface area contributed by atoms with Gasteiger partial charge >= 0.3 is 0 Å². The molecule has 2 heterocycles. The SMILES string of the molecule is CN(C)CCCOC(C1COC(C)(C)O1)C1COC(C)(C)O1. The number of hydrogen-bond acceptors (Lipinski definition) is 6.